The highest BCUT2D eigenvalue weighted by molar-refractivity contribution is 7.89. The maximum absolute atomic E-state index is 12.5. The number of sulfonamides is 1. The van der Waals surface area contributed by atoms with Crippen molar-refractivity contribution >= 4 is 15.9 Å². The number of rotatable bonds is 7. The highest BCUT2D eigenvalue weighted by atomic mass is 32.2. The van der Waals surface area contributed by atoms with Gasteiger partial charge in [0.1, 0.15) is 10.6 Å². The molecule has 1 amide bonds. The number of hydrogen-bond acceptors (Lipinski definition) is 4. The molecule has 0 fully saturated rings. The van der Waals surface area contributed by atoms with Crippen LogP contribution in [0, 0.1) is 6.92 Å². The lowest BCUT2D eigenvalue weighted by molar-refractivity contribution is -0.122. The second-order valence-corrected chi connectivity index (χ2v) is 7.00. The van der Waals surface area contributed by atoms with E-state index in [1.165, 1.54) is 20.1 Å². The smallest absolute Gasteiger partial charge is 0.244 e. The SMILES string of the molecule is CC[C@@H](C)NC(=O)[C@@H](C)NS(=O)(=O)c1cc(C)ccc1OC. The molecule has 1 aromatic rings. The number of nitrogens with one attached hydrogen (secondary N) is 2. The van der Waals surface area contributed by atoms with Crippen LogP contribution < -0.4 is 14.8 Å². The Bertz CT molecular complexity index is 628. The van der Waals surface area contributed by atoms with Crippen molar-refractivity contribution in [2.24, 2.45) is 0 Å². The van der Waals surface area contributed by atoms with Gasteiger partial charge in [0.15, 0.2) is 0 Å². The van der Waals surface area contributed by atoms with Crippen LogP contribution in [-0.2, 0) is 14.8 Å². The Kier molecular flexibility index (Phi) is 6.37. The van der Waals surface area contributed by atoms with Crippen LogP contribution in [0.3, 0.4) is 0 Å². The van der Waals surface area contributed by atoms with Gasteiger partial charge in [-0.15, -0.1) is 0 Å². The zero-order valence-corrected chi connectivity index (χ0v) is 14.5. The first kappa shape index (κ1) is 18.4. The predicted molar refractivity (Wildman–Crippen MR) is 85.4 cm³/mol. The van der Waals surface area contributed by atoms with Crippen molar-refractivity contribution in [2.75, 3.05) is 7.11 Å². The molecule has 0 unspecified atom stereocenters. The van der Waals surface area contributed by atoms with Crippen LogP contribution in [0.1, 0.15) is 32.8 Å². The minimum atomic E-state index is -3.85. The van der Waals surface area contributed by atoms with Crippen LogP contribution in [0.25, 0.3) is 0 Å². The number of aryl methyl sites for hydroxylation is 1. The maximum atomic E-state index is 12.5. The molecule has 7 heteroatoms. The molecule has 0 saturated carbocycles. The minimum Gasteiger partial charge on any atom is -0.495 e. The molecule has 0 radical (unpaired) electrons. The summed E-state index contributed by atoms with van der Waals surface area (Å²) in [6, 6.07) is 3.99. The monoisotopic (exact) mass is 328 g/mol. The van der Waals surface area contributed by atoms with E-state index in [-0.39, 0.29) is 22.6 Å². The maximum Gasteiger partial charge on any atom is 0.244 e. The molecule has 22 heavy (non-hydrogen) atoms. The lowest BCUT2D eigenvalue weighted by Gasteiger charge is -2.18. The van der Waals surface area contributed by atoms with Crippen LogP contribution in [0.2, 0.25) is 0 Å². The average molecular weight is 328 g/mol. The molecule has 0 bridgehead atoms. The molecular weight excluding hydrogens is 304 g/mol. The van der Waals surface area contributed by atoms with E-state index < -0.39 is 16.1 Å². The molecule has 1 rings (SSSR count). The van der Waals surface area contributed by atoms with E-state index in [0.29, 0.717) is 0 Å². The molecule has 2 atom stereocenters. The third-order valence-corrected chi connectivity index (χ3v) is 4.90. The zero-order chi connectivity index (χ0) is 16.9. The third kappa shape index (κ3) is 4.71. The Morgan fingerprint density at radius 1 is 1.32 bits per heavy atom. The average Bonchev–Trinajstić information content (AvgIpc) is 2.46. The molecule has 0 spiro atoms. The second-order valence-electron chi connectivity index (χ2n) is 5.32. The van der Waals surface area contributed by atoms with Gasteiger partial charge >= 0.3 is 0 Å². The van der Waals surface area contributed by atoms with Crippen molar-refractivity contribution in [3.8, 4) is 5.75 Å². The van der Waals surface area contributed by atoms with Gasteiger partial charge in [-0.05, 0) is 44.9 Å². The van der Waals surface area contributed by atoms with Crippen molar-refractivity contribution in [1.82, 2.24) is 10.0 Å². The lowest BCUT2D eigenvalue weighted by atomic mass is 10.2. The van der Waals surface area contributed by atoms with Gasteiger partial charge in [0, 0.05) is 6.04 Å². The first-order valence-corrected chi connectivity index (χ1v) is 8.67. The van der Waals surface area contributed by atoms with Gasteiger partial charge in [-0.25, -0.2) is 8.42 Å². The van der Waals surface area contributed by atoms with E-state index in [9.17, 15) is 13.2 Å². The molecule has 0 aliphatic carbocycles. The summed E-state index contributed by atoms with van der Waals surface area (Å²) in [5.74, 6) is -0.114. The summed E-state index contributed by atoms with van der Waals surface area (Å²) >= 11 is 0. The molecule has 0 aliphatic rings. The Hall–Kier alpha value is -1.60. The van der Waals surface area contributed by atoms with Gasteiger partial charge < -0.3 is 10.1 Å². The quantitative estimate of drug-likeness (QED) is 0.796. The Labute approximate surface area is 132 Å². The molecular formula is C15H24N2O4S. The van der Waals surface area contributed by atoms with E-state index >= 15 is 0 Å². The van der Waals surface area contributed by atoms with Crippen molar-refractivity contribution in [1.29, 1.82) is 0 Å². The van der Waals surface area contributed by atoms with Crippen molar-refractivity contribution in [3.63, 3.8) is 0 Å². The number of carbonyl (C=O) groups is 1. The van der Waals surface area contributed by atoms with Crippen LogP contribution >= 0.6 is 0 Å². The van der Waals surface area contributed by atoms with Crippen LogP contribution in [0.4, 0.5) is 0 Å². The number of methoxy groups -OCH3 is 1. The molecule has 0 aliphatic heterocycles. The fourth-order valence-electron chi connectivity index (χ4n) is 1.81. The summed E-state index contributed by atoms with van der Waals surface area (Å²) in [4.78, 5) is 12.0. The van der Waals surface area contributed by atoms with Gasteiger partial charge in [-0.3, -0.25) is 4.79 Å². The first-order chi connectivity index (χ1) is 10.2. The number of ether oxygens (including phenoxy) is 1. The Morgan fingerprint density at radius 2 is 1.95 bits per heavy atom. The van der Waals surface area contributed by atoms with Gasteiger partial charge in [-0.1, -0.05) is 13.0 Å². The molecule has 0 saturated heterocycles. The summed E-state index contributed by atoms with van der Waals surface area (Å²) in [5.41, 5.74) is 0.790. The molecule has 124 valence electrons. The molecule has 1 aromatic carbocycles. The van der Waals surface area contributed by atoms with Crippen molar-refractivity contribution in [2.45, 2.75) is 51.1 Å². The van der Waals surface area contributed by atoms with Gasteiger partial charge in [0.25, 0.3) is 0 Å². The second kappa shape index (κ2) is 7.60. The summed E-state index contributed by atoms with van der Waals surface area (Å²) in [6.45, 7) is 7.11. The standard InChI is InChI=1S/C15H24N2O4S/c1-6-11(3)16-15(18)12(4)17-22(19,20)14-9-10(2)7-8-13(14)21-5/h7-9,11-12,17H,6H2,1-5H3,(H,16,18)/t11-,12-/m1/s1. The Balaban J connectivity index is 2.96. The largest absolute Gasteiger partial charge is 0.495 e. The fraction of sp³-hybridized carbons (Fsp3) is 0.533. The molecule has 0 heterocycles. The van der Waals surface area contributed by atoms with Gasteiger partial charge in [0.2, 0.25) is 15.9 Å². The topological polar surface area (TPSA) is 84.5 Å². The molecule has 2 N–H and O–H groups in total. The number of hydrogen-bond donors (Lipinski definition) is 2. The van der Waals surface area contributed by atoms with E-state index in [4.69, 9.17) is 4.74 Å². The predicted octanol–water partition coefficient (Wildman–Crippen LogP) is 1.59. The van der Waals surface area contributed by atoms with Crippen molar-refractivity contribution < 1.29 is 17.9 Å². The van der Waals surface area contributed by atoms with Gasteiger partial charge in [-0.2, -0.15) is 4.72 Å². The summed E-state index contributed by atoms with van der Waals surface area (Å²) < 4.78 is 32.4. The highest BCUT2D eigenvalue weighted by Crippen LogP contribution is 2.24. The highest BCUT2D eigenvalue weighted by Gasteiger charge is 2.25. The number of amides is 1. The van der Waals surface area contributed by atoms with Crippen molar-refractivity contribution in [3.05, 3.63) is 23.8 Å². The van der Waals surface area contributed by atoms with Crippen LogP contribution in [0.15, 0.2) is 23.1 Å². The van der Waals surface area contributed by atoms with Crippen LogP contribution in [-0.4, -0.2) is 33.5 Å². The number of carbonyl (C=O) groups excluding carboxylic acids is 1. The van der Waals surface area contributed by atoms with Gasteiger partial charge in [0.05, 0.1) is 13.2 Å². The van der Waals surface area contributed by atoms with E-state index in [1.807, 2.05) is 13.8 Å². The lowest BCUT2D eigenvalue weighted by Crippen LogP contribution is -2.47. The summed E-state index contributed by atoms with van der Waals surface area (Å²) in [6.07, 6.45) is 0.775. The van der Waals surface area contributed by atoms with E-state index in [2.05, 4.69) is 10.0 Å². The minimum absolute atomic E-state index is 0.00652. The third-order valence-electron chi connectivity index (χ3n) is 3.33. The number of benzene rings is 1. The summed E-state index contributed by atoms with van der Waals surface area (Å²) in [7, 11) is -2.44. The summed E-state index contributed by atoms with van der Waals surface area (Å²) in [5, 5.41) is 2.75. The first-order valence-electron chi connectivity index (χ1n) is 7.18. The molecule has 6 nitrogen and oxygen atoms in total. The zero-order valence-electron chi connectivity index (χ0n) is 13.6. The molecule has 0 aromatic heterocycles. The van der Waals surface area contributed by atoms with E-state index in [1.54, 1.807) is 19.1 Å². The Morgan fingerprint density at radius 3 is 2.50 bits per heavy atom. The van der Waals surface area contributed by atoms with E-state index in [0.717, 1.165) is 12.0 Å². The fourth-order valence-corrected chi connectivity index (χ4v) is 3.27. The normalized spacial score (nSPS) is 14.2. The van der Waals surface area contributed by atoms with Crippen LogP contribution in [0.5, 0.6) is 5.75 Å².